The number of benzene rings is 1. The second-order valence-electron chi connectivity index (χ2n) is 5.55. The zero-order valence-electron chi connectivity index (χ0n) is 12.0. The maximum absolute atomic E-state index is 12.3. The number of nitrogen functional groups attached to an aromatic ring is 1. The van der Waals surface area contributed by atoms with Crippen molar-refractivity contribution in [3.8, 4) is 0 Å². The Hall–Kier alpha value is -1.31. The second kappa shape index (κ2) is 5.23. The van der Waals surface area contributed by atoms with Gasteiger partial charge in [0, 0.05) is 14.6 Å². The van der Waals surface area contributed by atoms with Crippen molar-refractivity contribution >= 4 is 45.3 Å². The van der Waals surface area contributed by atoms with Crippen LogP contribution in [0.4, 0.5) is 10.5 Å². The van der Waals surface area contributed by atoms with Crippen molar-refractivity contribution in [3.05, 3.63) is 21.4 Å². The number of ether oxygens (including phenoxy) is 1. The summed E-state index contributed by atoms with van der Waals surface area (Å²) in [6.45, 7) is 7.48. The van der Waals surface area contributed by atoms with Gasteiger partial charge in [-0.15, -0.1) is 0 Å². The van der Waals surface area contributed by atoms with Gasteiger partial charge in [-0.3, -0.25) is 0 Å². The molecule has 0 saturated heterocycles. The van der Waals surface area contributed by atoms with E-state index in [0.717, 1.165) is 20.2 Å². The minimum absolute atomic E-state index is 0.481. The fourth-order valence-corrected chi connectivity index (χ4v) is 2.68. The van der Waals surface area contributed by atoms with Gasteiger partial charge in [-0.1, -0.05) is 6.92 Å². The maximum Gasteiger partial charge on any atom is 0.435 e. The van der Waals surface area contributed by atoms with Gasteiger partial charge in [0.05, 0.1) is 11.2 Å². The molecule has 0 radical (unpaired) electrons. The lowest BCUT2D eigenvalue weighted by molar-refractivity contribution is 0.0522. The summed E-state index contributed by atoms with van der Waals surface area (Å²) in [7, 11) is 0. The molecule has 0 aliphatic rings. The molecule has 1 heterocycles. The number of aryl methyl sites for hydroxylation is 1. The molecule has 0 amide bonds. The van der Waals surface area contributed by atoms with Gasteiger partial charge in [-0.05, 0) is 61.9 Å². The summed E-state index contributed by atoms with van der Waals surface area (Å²) in [6.07, 6.45) is 0.224. The molecular formula is C14H18IN3O2. The van der Waals surface area contributed by atoms with Crippen LogP contribution in [-0.2, 0) is 11.2 Å². The monoisotopic (exact) mass is 387 g/mol. The first-order chi connectivity index (χ1) is 9.24. The molecule has 0 saturated carbocycles. The zero-order chi connectivity index (χ0) is 15.1. The number of aromatic nitrogens is 2. The third-order valence-corrected chi connectivity index (χ3v) is 3.65. The minimum atomic E-state index is -0.562. The summed E-state index contributed by atoms with van der Waals surface area (Å²) < 4.78 is 7.64. The second-order valence-corrected chi connectivity index (χ2v) is 6.71. The number of anilines is 1. The molecule has 2 aromatic rings. The SMILES string of the molecule is CCc1nn(C(=O)OC(C)(C)C)c2c(I)ccc(N)c12. The van der Waals surface area contributed by atoms with Crippen molar-refractivity contribution < 1.29 is 9.53 Å². The highest BCUT2D eigenvalue weighted by molar-refractivity contribution is 14.1. The average Bonchev–Trinajstić information content (AvgIpc) is 2.72. The first-order valence-corrected chi connectivity index (χ1v) is 7.51. The standard InChI is InChI=1S/C14H18IN3O2/c1-5-10-11-9(16)7-6-8(15)12(11)18(17-10)13(19)20-14(2,3)4/h6-7H,5,16H2,1-4H3. The van der Waals surface area contributed by atoms with Crippen LogP contribution in [0.15, 0.2) is 12.1 Å². The Kier molecular flexibility index (Phi) is 3.95. The molecule has 1 aromatic heterocycles. The van der Waals surface area contributed by atoms with E-state index in [0.29, 0.717) is 12.1 Å². The summed E-state index contributed by atoms with van der Waals surface area (Å²) in [6, 6.07) is 3.71. The molecule has 0 aliphatic heterocycles. The first-order valence-electron chi connectivity index (χ1n) is 6.43. The fraction of sp³-hybridized carbons (Fsp3) is 0.429. The van der Waals surface area contributed by atoms with E-state index in [9.17, 15) is 4.79 Å². The number of carbonyl (C=O) groups excluding carboxylic acids is 1. The lowest BCUT2D eigenvalue weighted by Gasteiger charge is -2.19. The number of halogens is 1. The van der Waals surface area contributed by atoms with Crippen LogP contribution in [-0.4, -0.2) is 21.5 Å². The molecule has 2 rings (SSSR count). The van der Waals surface area contributed by atoms with Crippen molar-refractivity contribution in [2.75, 3.05) is 5.73 Å². The third kappa shape index (κ3) is 2.74. The van der Waals surface area contributed by atoms with Crippen molar-refractivity contribution in [1.82, 2.24) is 9.78 Å². The lowest BCUT2D eigenvalue weighted by atomic mass is 10.1. The Morgan fingerprint density at radius 3 is 2.65 bits per heavy atom. The Balaban J connectivity index is 2.66. The summed E-state index contributed by atoms with van der Waals surface area (Å²) in [5, 5.41) is 5.21. The van der Waals surface area contributed by atoms with E-state index in [4.69, 9.17) is 10.5 Å². The van der Waals surface area contributed by atoms with Crippen LogP contribution in [0.3, 0.4) is 0 Å². The van der Waals surface area contributed by atoms with E-state index in [2.05, 4.69) is 27.7 Å². The molecule has 2 N–H and O–H groups in total. The topological polar surface area (TPSA) is 70.1 Å². The minimum Gasteiger partial charge on any atom is -0.442 e. The Morgan fingerprint density at radius 1 is 1.45 bits per heavy atom. The number of hydrogen-bond acceptors (Lipinski definition) is 4. The molecular weight excluding hydrogens is 369 g/mol. The number of nitrogens with two attached hydrogens (primary N) is 1. The molecule has 20 heavy (non-hydrogen) atoms. The normalized spacial score (nSPS) is 11.8. The maximum atomic E-state index is 12.3. The number of fused-ring (bicyclic) bond motifs is 1. The van der Waals surface area contributed by atoms with Crippen LogP contribution in [0.25, 0.3) is 10.9 Å². The highest BCUT2D eigenvalue weighted by Gasteiger charge is 2.23. The number of hydrogen-bond donors (Lipinski definition) is 1. The number of carbonyl (C=O) groups is 1. The third-order valence-electron chi connectivity index (χ3n) is 2.78. The number of nitrogens with zero attached hydrogens (tertiary/aromatic N) is 2. The quantitative estimate of drug-likeness (QED) is 0.600. The molecule has 108 valence electrons. The molecule has 0 fully saturated rings. The molecule has 6 heteroatoms. The van der Waals surface area contributed by atoms with Crippen LogP contribution in [0.1, 0.15) is 33.4 Å². The molecule has 0 bridgehead atoms. The van der Waals surface area contributed by atoms with Gasteiger partial charge in [0.15, 0.2) is 0 Å². The van der Waals surface area contributed by atoms with Gasteiger partial charge in [0.1, 0.15) is 5.60 Å². The molecule has 0 atom stereocenters. The molecule has 0 spiro atoms. The van der Waals surface area contributed by atoms with Crippen molar-refractivity contribution in [1.29, 1.82) is 0 Å². The van der Waals surface area contributed by atoms with Gasteiger partial charge in [0.25, 0.3) is 0 Å². The van der Waals surface area contributed by atoms with Gasteiger partial charge in [-0.25, -0.2) is 4.79 Å². The highest BCUT2D eigenvalue weighted by Crippen LogP contribution is 2.30. The summed E-state index contributed by atoms with van der Waals surface area (Å²) >= 11 is 2.18. The Bertz CT molecular complexity index is 671. The fourth-order valence-electron chi connectivity index (χ4n) is 2.00. The predicted molar refractivity (Wildman–Crippen MR) is 87.9 cm³/mol. The van der Waals surface area contributed by atoms with E-state index in [1.54, 1.807) is 0 Å². The molecule has 1 aromatic carbocycles. The van der Waals surface area contributed by atoms with Crippen LogP contribution >= 0.6 is 22.6 Å². The van der Waals surface area contributed by atoms with Crippen molar-refractivity contribution in [3.63, 3.8) is 0 Å². The largest absolute Gasteiger partial charge is 0.442 e. The van der Waals surface area contributed by atoms with Crippen LogP contribution in [0.2, 0.25) is 0 Å². The van der Waals surface area contributed by atoms with Gasteiger partial charge < -0.3 is 10.5 Å². The molecule has 0 aliphatic carbocycles. The lowest BCUT2D eigenvalue weighted by Crippen LogP contribution is -2.28. The molecule has 0 unspecified atom stereocenters. The molecule has 5 nitrogen and oxygen atoms in total. The van der Waals surface area contributed by atoms with Crippen molar-refractivity contribution in [2.24, 2.45) is 0 Å². The van der Waals surface area contributed by atoms with Crippen LogP contribution in [0, 0.1) is 3.57 Å². The Morgan fingerprint density at radius 2 is 2.10 bits per heavy atom. The van der Waals surface area contributed by atoms with Gasteiger partial charge >= 0.3 is 6.09 Å². The summed E-state index contributed by atoms with van der Waals surface area (Å²) in [5.41, 5.74) is 7.63. The van der Waals surface area contributed by atoms with Crippen molar-refractivity contribution in [2.45, 2.75) is 39.7 Å². The van der Waals surface area contributed by atoms with Gasteiger partial charge in [0.2, 0.25) is 0 Å². The summed E-state index contributed by atoms with van der Waals surface area (Å²) in [4.78, 5) is 12.3. The van der Waals surface area contributed by atoms with E-state index in [1.165, 1.54) is 4.68 Å². The van der Waals surface area contributed by atoms with E-state index in [-0.39, 0.29) is 0 Å². The van der Waals surface area contributed by atoms with Gasteiger partial charge in [-0.2, -0.15) is 9.78 Å². The Labute approximate surface area is 131 Å². The average molecular weight is 387 g/mol. The smallest absolute Gasteiger partial charge is 0.435 e. The number of rotatable bonds is 1. The van der Waals surface area contributed by atoms with Crippen LogP contribution < -0.4 is 5.73 Å². The predicted octanol–water partition coefficient (Wildman–Crippen LogP) is 3.57. The van der Waals surface area contributed by atoms with E-state index in [1.807, 2.05) is 39.8 Å². The van der Waals surface area contributed by atoms with E-state index < -0.39 is 11.7 Å². The van der Waals surface area contributed by atoms with Crippen LogP contribution in [0.5, 0.6) is 0 Å². The zero-order valence-corrected chi connectivity index (χ0v) is 14.2. The summed E-state index contributed by atoms with van der Waals surface area (Å²) in [5.74, 6) is 0. The first kappa shape index (κ1) is 15.1. The highest BCUT2D eigenvalue weighted by atomic mass is 127. The van der Waals surface area contributed by atoms with E-state index >= 15 is 0 Å².